The first kappa shape index (κ1) is 66.2. The third-order valence-corrected chi connectivity index (χ3v) is 17.2. The van der Waals surface area contributed by atoms with Crippen molar-refractivity contribution in [3.8, 4) is 46.0 Å². The van der Waals surface area contributed by atoms with Gasteiger partial charge in [-0.3, -0.25) is 38.9 Å². The molecule has 2 aliphatic rings. The predicted molar refractivity (Wildman–Crippen MR) is 372 cm³/mol. The van der Waals surface area contributed by atoms with Crippen molar-refractivity contribution in [1.29, 1.82) is 0 Å². The normalized spacial score (nSPS) is 12.6. The fourth-order valence-corrected chi connectivity index (χ4v) is 11.9. The molecule has 20 heteroatoms. The summed E-state index contributed by atoms with van der Waals surface area (Å²) < 4.78 is 43.8. The summed E-state index contributed by atoms with van der Waals surface area (Å²) in [6.45, 7) is 5.45. The number of aromatic nitrogens is 2. The fraction of sp³-hybridized carbons (Fsp3) is 0.237. The Kier molecular flexibility index (Phi) is 21.2. The molecule has 96 heavy (non-hydrogen) atoms. The van der Waals surface area contributed by atoms with Crippen molar-refractivity contribution in [2.24, 2.45) is 0 Å². The Balaban J connectivity index is 0.000000195. The zero-order valence-electron chi connectivity index (χ0n) is 54.9. The van der Waals surface area contributed by atoms with Crippen molar-refractivity contribution in [2.75, 3.05) is 104 Å². The number of pyridine rings is 2. The van der Waals surface area contributed by atoms with Gasteiger partial charge in [0.05, 0.1) is 102 Å². The van der Waals surface area contributed by atoms with E-state index in [2.05, 4.69) is 65.3 Å². The second-order valence-corrected chi connectivity index (χ2v) is 23.1. The van der Waals surface area contributed by atoms with Crippen LogP contribution in [0.1, 0.15) is 74.8 Å². The van der Waals surface area contributed by atoms with Crippen LogP contribution in [0, 0.1) is 0 Å². The van der Waals surface area contributed by atoms with Crippen molar-refractivity contribution in [2.45, 2.75) is 38.8 Å². The standard InChI is InChI=1S/2C38H38N4O6/c2*1-45-33-18-25-14-16-42(23-28(25)19-34(33)46-2)15-13-24-9-11-29(12-10-24)40-38(44)30-20-35(47-3)36(48-4)21-32(30)41-37(43)27-17-26-7-5-6-8-31(26)39-22-27/h2*5-12,17-22H,13-16,23H2,1-4H3,(H,40,44)(H,41,43). The molecule has 0 bridgehead atoms. The maximum atomic E-state index is 13.6. The van der Waals surface area contributed by atoms with Gasteiger partial charge in [0.1, 0.15) is 0 Å². The van der Waals surface area contributed by atoms with E-state index in [0.29, 0.717) is 45.5 Å². The van der Waals surface area contributed by atoms with Crippen molar-refractivity contribution in [3.05, 3.63) is 226 Å². The van der Waals surface area contributed by atoms with E-state index < -0.39 is 23.6 Å². The third-order valence-electron chi connectivity index (χ3n) is 17.2. The van der Waals surface area contributed by atoms with E-state index in [4.69, 9.17) is 37.9 Å². The molecule has 12 rings (SSSR count). The first-order valence-corrected chi connectivity index (χ1v) is 31.3. The van der Waals surface area contributed by atoms with Crippen LogP contribution in [0.3, 0.4) is 0 Å². The molecule has 2 aromatic heterocycles. The zero-order chi connectivity index (χ0) is 67.2. The average Bonchev–Trinajstić information content (AvgIpc) is 0.862. The number of para-hydroxylation sites is 2. The molecule has 0 saturated carbocycles. The summed E-state index contributed by atoms with van der Waals surface area (Å²) in [5, 5.41) is 13.3. The Bertz CT molecular complexity index is 4200. The van der Waals surface area contributed by atoms with Gasteiger partial charge in [0.15, 0.2) is 46.0 Å². The second-order valence-electron chi connectivity index (χ2n) is 23.1. The Morgan fingerprint density at radius 2 is 0.708 bits per heavy atom. The van der Waals surface area contributed by atoms with Gasteiger partial charge in [-0.1, -0.05) is 60.7 Å². The Hall–Kier alpha value is -11.2. The summed E-state index contributed by atoms with van der Waals surface area (Å²) in [6, 6.07) is 48.8. The molecule has 0 aliphatic carbocycles. The molecular formula is C76H76N8O12. The van der Waals surface area contributed by atoms with E-state index in [-0.39, 0.29) is 22.5 Å². The molecule has 20 nitrogen and oxygen atoms in total. The number of hydrogen-bond acceptors (Lipinski definition) is 16. The Morgan fingerprint density at radius 3 is 1.07 bits per heavy atom. The van der Waals surface area contributed by atoms with E-state index in [0.717, 1.165) is 121 Å². The highest BCUT2D eigenvalue weighted by atomic mass is 16.5. The molecule has 10 aromatic rings. The number of rotatable bonds is 22. The van der Waals surface area contributed by atoms with Gasteiger partial charge >= 0.3 is 0 Å². The fourth-order valence-electron chi connectivity index (χ4n) is 11.9. The molecular weight excluding hydrogens is 1220 g/mol. The summed E-state index contributed by atoms with van der Waals surface area (Å²) in [4.78, 5) is 67.5. The lowest BCUT2D eigenvalue weighted by atomic mass is 9.98. The van der Waals surface area contributed by atoms with Crippen molar-refractivity contribution >= 4 is 68.2 Å². The topological polar surface area (TPSA) is 222 Å². The van der Waals surface area contributed by atoms with Gasteiger partial charge in [-0.15, -0.1) is 0 Å². The number of amides is 4. The molecule has 4 amide bonds. The van der Waals surface area contributed by atoms with Gasteiger partial charge in [0, 0.05) is 85.9 Å². The Labute approximate surface area is 557 Å². The molecule has 0 spiro atoms. The summed E-state index contributed by atoms with van der Waals surface area (Å²) in [6.07, 6.45) is 6.67. The van der Waals surface area contributed by atoms with Crippen molar-refractivity contribution in [3.63, 3.8) is 0 Å². The molecule has 4 heterocycles. The van der Waals surface area contributed by atoms with Gasteiger partial charge < -0.3 is 59.2 Å². The zero-order valence-corrected chi connectivity index (χ0v) is 54.9. The number of ether oxygens (including phenoxy) is 8. The first-order chi connectivity index (χ1) is 46.8. The number of nitrogens with one attached hydrogen (secondary N) is 4. The van der Waals surface area contributed by atoms with E-state index in [9.17, 15) is 19.2 Å². The van der Waals surface area contributed by atoms with Crippen LogP contribution in [-0.2, 0) is 38.8 Å². The lowest BCUT2D eigenvalue weighted by Crippen LogP contribution is -2.32. The highest BCUT2D eigenvalue weighted by molar-refractivity contribution is 6.15. The number of methoxy groups -OCH3 is 8. The summed E-state index contributed by atoms with van der Waals surface area (Å²) in [7, 11) is 12.6. The number of carbonyl (C=O) groups excluding carboxylic acids is 4. The summed E-state index contributed by atoms with van der Waals surface area (Å²) >= 11 is 0. The second kappa shape index (κ2) is 30.7. The molecule has 0 saturated heterocycles. The van der Waals surface area contributed by atoms with Crippen LogP contribution < -0.4 is 59.2 Å². The van der Waals surface area contributed by atoms with E-state index in [1.807, 2.05) is 97.1 Å². The SMILES string of the molecule is COc1cc2c(cc1OC)CN(CCc1ccc(NC(=O)c3cc(OC)c(OC)cc3NC(=O)c3cnc4ccccc4c3)cc1)CC2.COc1cc2c(cc1OC)CN(CCc1ccc(NC(=O)c3cc(OC)c(OC)cc3NC(=O)c3cnc4ccccc4c3)cc1)CC2. The van der Waals surface area contributed by atoms with Gasteiger partial charge in [-0.25, -0.2) is 0 Å². The monoisotopic (exact) mass is 1290 g/mol. The molecule has 8 aromatic carbocycles. The van der Waals surface area contributed by atoms with E-state index in [1.165, 1.54) is 63.1 Å². The number of anilines is 4. The molecule has 0 atom stereocenters. The van der Waals surface area contributed by atoms with Crippen LogP contribution in [0.25, 0.3) is 21.8 Å². The average molecular weight is 1290 g/mol. The molecule has 492 valence electrons. The highest BCUT2D eigenvalue weighted by Crippen LogP contribution is 2.38. The highest BCUT2D eigenvalue weighted by Gasteiger charge is 2.25. The van der Waals surface area contributed by atoms with Gasteiger partial charge in [-0.2, -0.15) is 0 Å². The van der Waals surface area contributed by atoms with Gasteiger partial charge in [0.25, 0.3) is 23.6 Å². The van der Waals surface area contributed by atoms with Crippen LogP contribution >= 0.6 is 0 Å². The third kappa shape index (κ3) is 15.5. The van der Waals surface area contributed by atoms with Crippen molar-refractivity contribution in [1.82, 2.24) is 19.8 Å². The predicted octanol–water partition coefficient (Wildman–Crippen LogP) is 12.7. The first-order valence-electron chi connectivity index (χ1n) is 31.3. The number of fused-ring (bicyclic) bond motifs is 4. The van der Waals surface area contributed by atoms with E-state index in [1.54, 1.807) is 64.8 Å². The minimum Gasteiger partial charge on any atom is -0.493 e. The van der Waals surface area contributed by atoms with Crippen LogP contribution in [0.15, 0.2) is 170 Å². The Morgan fingerprint density at radius 1 is 0.375 bits per heavy atom. The number of benzene rings is 8. The minimum absolute atomic E-state index is 0.221. The van der Waals surface area contributed by atoms with Gasteiger partial charge in [0.2, 0.25) is 0 Å². The maximum absolute atomic E-state index is 13.6. The van der Waals surface area contributed by atoms with Crippen LogP contribution in [-0.4, -0.2) is 126 Å². The molecule has 4 N–H and O–H groups in total. The van der Waals surface area contributed by atoms with Crippen LogP contribution in [0.2, 0.25) is 0 Å². The lowest BCUT2D eigenvalue weighted by molar-refractivity contribution is 0.101. The van der Waals surface area contributed by atoms with Gasteiger partial charge in [-0.05, 0) is 144 Å². The number of nitrogens with zero attached hydrogens (tertiary/aromatic N) is 4. The largest absolute Gasteiger partial charge is 0.493 e. The van der Waals surface area contributed by atoms with Crippen LogP contribution in [0.5, 0.6) is 46.0 Å². The molecule has 0 unspecified atom stereocenters. The summed E-state index contributed by atoms with van der Waals surface area (Å²) in [5.41, 5.74) is 12.0. The van der Waals surface area contributed by atoms with E-state index >= 15 is 0 Å². The number of hydrogen-bond donors (Lipinski definition) is 4. The maximum Gasteiger partial charge on any atom is 0.257 e. The van der Waals surface area contributed by atoms with Crippen LogP contribution in [0.4, 0.5) is 22.7 Å². The molecule has 2 aliphatic heterocycles. The summed E-state index contributed by atoms with van der Waals surface area (Å²) in [5.74, 6) is 2.88. The smallest absolute Gasteiger partial charge is 0.257 e. The quantitative estimate of drug-likeness (QED) is 0.0495. The van der Waals surface area contributed by atoms with Crippen molar-refractivity contribution < 1.29 is 57.1 Å². The molecule has 0 radical (unpaired) electrons. The molecule has 0 fully saturated rings. The minimum atomic E-state index is -0.408. The number of carbonyl (C=O) groups is 4. The lowest BCUT2D eigenvalue weighted by Gasteiger charge is -2.29.